The summed E-state index contributed by atoms with van der Waals surface area (Å²) >= 11 is 0. The van der Waals surface area contributed by atoms with E-state index < -0.39 is 47.9 Å². The van der Waals surface area contributed by atoms with Crippen molar-refractivity contribution < 1.29 is 24.3 Å². The Kier molecular flexibility index (Phi) is 15.2. The van der Waals surface area contributed by atoms with Gasteiger partial charge in [0.1, 0.15) is 18.1 Å². The van der Waals surface area contributed by atoms with Crippen molar-refractivity contribution in [3.05, 3.63) is 0 Å². The van der Waals surface area contributed by atoms with E-state index in [0.29, 0.717) is 19.4 Å². The molecule has 0 aromatic carbocycles. The number of guanidine groups is 2. The highest BCUT2D eigenvalue weighted by Crippen LogP contribution is 2.08. The molecule has 0 saturated carbocycles. The number of hydrogen-bond acceptors (Lipinski definition) is 7. The number of carbonyl (C=O) groups is 4. The number of hydrogen-bond donors (Lipinski definition) is 9. The summed E-state index contributed by atoms with van der Waals surface area (Å²) in [6, 6.07) is -4.10. The maximum atomic E-state index is 13.1. The molecule has 0 saturated heterocycles. The number of aliphatic carboxylic acids is 1. The SMILES string of the molecule is CC(C)CC(NC(=O)C(CCCN=C(N)N)NC(=O)C(N)CCCN=C(N)N)C(=O)NC(C)C(=O)O. The van der Waals surface area contributed by atoms with E-state index >= 15 is 0 Å². The third kappa shape index (κ3) is 14.6. The molecule has 15 heteroatoms. The summed E-state index contributed by atoms with van der Waals surface area (Å²) in [5.74, 6) is -3.21. The van der Waals surface area contributed by atoms with Crippen molar-refractivity contribution in [1.29, 1.82) is 0 Å². The summed E-state index contributed by atoms with van der Waals surface area (Å²) in [6.45, 7) is 5.53. The largest absolute Gasteiger partial charge is 0.480 e. The molecule has 0 aliphatic rings. The summed E-state index contributed by atoms with van der Waals surface area (Å²) in [6.07, 6.45) is 1.50. The van der Waals surface area contributed by atoms with Crippen molar-refractivity contribution in [2.75, 3.05) is 13.1 Å². The second kappa shape index (κ2) is 16.9. The average molecular weight is 515 g/mol. The fourth-order valence-electron chi connectivity index (χ4n) is 3.05. The standard InChI is InChI=1S/C21H42N10O5/c1-11(2)10-15(18(34)29-12(3)19(35)36)31-17(33)14(7-5-9-28-21(25)26)30-16(32)13(22)6-4-8-27-20(23)24/h11-15H,4-10,22H2,1-3H3,(H,29,34)(H,30,32)(H,31,33)(H,35,36)(H4,23,24,27)(H4,25,26,28). The van der Waals surface area contributed by atoms with E-state index in [4.69, 9.17) is 33.8 Å². The van der Waals surface area contributed by atoms with Crippen molar-refractivity contribution in [3.63, 3.8) is 0 Å². The summed E-state index contributed by atoms with van der Waals surface area (Å²) < 4.78 is 0. The minimum Gasteiger partial charge on any atom is -0.480 e. The molecule has 3 amide bonds. The Morgan fingerprint density at radius 2 is 1.22 bits per heavy atom. The fourth-order valence-corrected chi connectivity index (χ4v) is 3.05. The molecule has 15 nitrogen and oxygen atoms in total. The van der Waals surface area contributed by atoms with Crippen LogP contribution in [0.15, 0.2) is 9.98 Å². The monoisotopic (exact) mass is 514 g/mol. The number of nitrogens with zero attached hydrogens (tertiary/aromatic N) is 2. The lowest BCUT2D eigenvalue weighted by atomic mass is 10.0. The zero-order valence-electron chi connectivity index (χ0n) is 21.2. The first kappa shape index (κ1) is 32.4. The molecule has 0 aliphatic carbocycles. The van der Waals surface area contributed by atoms with Crippen LogP contribution in [-0.4, -0.2) is 78.0 Å². The van der Waals surface area contributed by atoms with E-state index in [9.17, 15) is 19.2 Å². The van der Waals surface area contributed by atoms with E-state index in [1.807, 2.05) is 13.8 Å². The summed E-state index contributed by atoms with van der Waals surface area (Å²) in [7, 11) is 0. The second-order valence-electron chi connectivity index (χ2n) is 8.82. The molecule has 14 N–H and O–H groups in total. The minimum atomic E-state index is -1.21. The van der Waals surface area contributed by atoms with Crippen LogP contribution in [0.5, 0.6) is 0 Å². The molecule has 4 atom stereocenters. The molecule has 0 aliphatic heterocycles. The third-order valence-corrected chi connectivity index (χ3v) is 4.95. The van der Waals surface area contributed by atoms with E-state index in [1.165, 1.54) is 6.92 Å². The Hall–Kier alpha value is -3.62. The van der Waals surface area contributed by atoms with Gasteiger partial charge in [-0.3, -0.25) is 29.2 Å². The van der Waals surface area contributed by atoms with Gasteiger partial charge >= 0.3 is 5.97 Å². The van der Waals surface area contributed by atoms with E-state index in [2.05, 4.69) is 25.9 Å². The Balaban J connectivity index is 5.41. The fraction of sp³-hybridized carbons (Fsp3) is 0.714. The first-order valence-electron chi connectivity index (χ1n) is 11.7. The van der Waals surface area contributed by atoms with E-state index in [-0.39, 0.29) is 43.6 Å². The zero-order chi connectivity index (χ0) is 27.8. The number of amides is 3. The molecule has 0 heterocycles. The van der Waals surface area contributed by atoms with Crippen LogP contribution in [0.2, 0.25) is 0 Å². The number of aliphatic imine (C=N–C) groups is 2. The Morgan fingerprint density at radius 1 is 0.750 bits per heavy atom. The van der Waals surface area contributed by atoms with Crippen molar-refractivity contribution >= 4 is 35.6 Å². The molecule has 0 radical (unpaired) electrons. The minimum absolute atomic E-state index is 0.00901. The number of nitrogens with one attached hydrogen (secondary N) is 3. The van der Waals surface area contributed by atoms with Crippen molar-refractivity contribution in [1.82, 2.24) is 16.0 Å². The summed E-state index contributed by atoms with van der Waals surface area (Å²) in [4.78, 5) is 57.2. The summed E-state index contributed by atoms with van der Waals surface area (Å²) in [5.41, 5.74) is 27.1. The maximum absolute atomic E-state index is 13.1. The lowest BCUT2D eigenvalue weighted by Gasteiger charge is -2.25. The van der Waals surface area contributed by atoms with Crippen LogP contribution in [0.25, 0.3) is 0 Å². The number of nitrogens with two attached hydrogens (primary N) is 5. The van der Waals surface area contributed by atoms with Gasteiger partial charge in [-0.25, -0.2) is 0 Å². The number of carboxylic acids is 1. The molecule has 4 unspecified atom stereocenters. The molecular weight excluding hydrogens is 472 g/mol. The molecule has 0 bridgehead atoms. The van der Waals surface area contributed by atoms with Gasteiger partial charge in [0, 0.05) is 13.1 Å². The Morgan fingerprint density at radius 3 is 1.69 bits per heavy atom. The van der Waals surface area contributed by atoms with Crippen LogP contribution in [0.1, 0.15) is 52.9 Å². The highest BCUT2D eigenvalue weighted by Gasteiger charge is 2.29. The molecule has 0 spiro atoms. The van der Waals surface area contributed by atoms with Gasteiger partial charge in [0.15, 0.2) is 11.9 Å². The van der Waals surface area contributed by atoms with Crippen LogP contribution in [0, 0.1) is 5.92 Å². The van der Waals surface area contributed by atoms with Gasteiger partial charge in [-0.15, -0.1) is 0 Å². The topological polar surface area (TPSA) is 279 Å². The van der Waals surface area contributed by atoms with Crippen LogP contribution in [0.4, 0.5) is 0 Å². The van der Waals surface area contributed by atoms with E-state index in [1.54, 1.807) is 0 Å². The van der Waals surface area contributed by atoms with Crippen molar-refractivity contribution in [3.8, 4) is 0 Å². The number of rotatable bonds is 17. The first-order chi connectivity index (χ1) is 16.7. The van der Waals surface area contributed by atoms with Crippen molar-refractivity contribution in [2.24, 2.45) is 44.6 Å². The molecular formula is C21H42N10O5. The predicted octanol–water partition coefficient (Wildman–Crippen LogP) is -2.97. The maximum Gasteiger partial charge on any atom is 0.325 e. The summed E-state index contributed by atoms with van der Waals surface area (Å²) in [5, 5.41) is 16.7. The van der Waals surface area contributed by atoms with Gasteiger partial charge in [-0.1, -0.05) is 13.8 Å². The van der Waals surface area contributed by atoms with Crippen LogP contribution >= 0.6 is 0 Å². The average Bonchev–Trinajstić information content (AvgIpc) is 2.76. The van der Waals surface area contributed by atoms with Crippen LogP contribution < -0.4 is 44.6 Å². The first-order valence-corrected chi connectivity index (χ1v) is 11.7. The van der Waals surface area contributed by atoms with Gasteiger partial charge in [-0.05, 0) is 44.9 Å². The third-order valence-electron chi connectivity index (χ3n) is 4.95. The molecule has 36 heavy (non-hydrogen) atoms. The quantitative estimate of drug-likeness (QED) is 0.0539. The number of carboxylic acid groups (broad SMARTS) is 1. The van der Waals surface area contributed by atoms with Crippen LogP contribution in [-0.2, 0) is 19.2 Å². The lowest BCUT2D eigenvalue weighted by molar-refractivity contribution is -0.142. The molecule has 206 valence electrons. The smallest absolute Gasteiger partial charge is 0.325 e. The normalized spacial score (nSPS) is 14.0. The van der Waals surface area contributed by atoms with Gasteiger partial charge in [-0.2, -0.15) is 0 Å². The lowest BCUT2D eigenvalue weighted by Crippen LogP contribution is -2.57. The molecule has 0 aromatic rings. The number of carbonyl (C=O) groups excluding carboxylic acids is 3. The van der Waals surface area contributed by atoms with Gasteiger partial charge in [0.05, 0.1) is 6.04 Å². The Labute approximate surface area is 211 Å². The second-order valence-corrected chi connectivity index (χ2v) is 8.82. The van der Waals surface area contributed by atoms with E-state index in [0.717, 1.165) is 0 Å². The van der Waals surface area contributed by atoms with Gasteiger partial charge in [0.2, 0.25) is 17.7 Å². The van der Waals surface area contributed by atoms with Gasteiger partial charge < -0.3 is 49.7 Å². The van der Waals surface area contributed by atoms with Crippen LogP contribution in [0.3, 0.4) is 0 Å². The Bertz CT molecular complexity index is 794. The zero-order valence-corrected chi connectivity index (χ0v) is 21.2. The highest BCUT2D eigenvalue weighted by atomic mass is 16.4. The molecule has 0 aromatic heterocycles. The molecule has 0 fully saturated rings. The molecule has 0 rings (SSSR count). The predicted molar refractivity (Wildman–Crippen MR) is 136 cm³/mol. The van der Waals surface area contributed by atoms with Crippen molar-refractivity contribution in [2.45, 2.75) is 77.0 Å². The van der Waals surface area contributed by atoms with Gasteiger partial charge in [0.25, 0.3) is 0 Å². The highest BCUT2D eigenvalue weighted by molar-refractivity contribution is 5.94.